The summed E-state index contributed by atoms with van der Waals surface area (Å²) in [6, 6.07) is 7.71. The van der Waals surface area contributed by atoms with Gasteiger partial charge in [-0.05, 0) is 18.1 Å². The van der Waals surface area contributed by atoms with E-state index in [1.54, 1.807) is 6.20 Å². The molecule has 0 saturated carbocycles. The van der Waals surface area contributed by atoms with E-state index in [-0.39, 0.29) is 6.61 Å². The van der Waals surface area contributed by atoms with E-state index >= 15 is 0 Å². The lowest BCUT2D eigenvalue weighted by molar-refractivity contribution is 0.281. The predicted molar refractivity (Wildman–Crippen MR) is 71.5 cm³/mol. The molecule has 0 aliphatic carbocycles. The molecular formula is C13H14ClN3O. The fourth-order valence-corrected chi connectivity index (χ4v) is 1.76. The lowest BCUT2D eigenvalue weighted by Crippen LogP contribution is -2.04. The molecule has 1 aromatic carbocycles. The highest BCUT2D eigenvalue weighted by Crippen LogP contribution is 2.18. The molecular weight excluding hydrogens is 250 g/mol. The second kappa shape index (κ2) is 5.80. The Morgan fingerprint density at radius 2 is 2.11 bits per heavy atom. The number of nitrogens with zero attached hydrogens (tertiary/aromatic N) is 2. The molecule has 18 heavy (non-hydrogen) atoms. The van der Waals surface area contributed by atoms with Crippen molar-refractivity contribution in [3.05, 3.63) is 52.4 Å². The van der Waals surface area contributed by atoms with Gasteiger partial charge in [-0.1, -0.05) is 35.9 Å². The minimum atomic E-state index is 0.0429. The number of halogens is 1. The van der Waals surface area contributed by atoms with Gasteiger partial charge >= 0.3 is 0 Å². The summed E-state index contributed by atoms with van der Waals surface area (Å²) in [5, 5.41) is 12.7. The summed E-state index contributed by atoms with van der Waals surface area (Å²) in [6.45, 7) is 2.46. The third kappa shape index (κ3) is 3.18. The standard InChI is InChI=1S/C13H14ClN3O/c1-9-15-7-12(14)13(17-9)16-6-10-3-2-4-11(5-10)8-18/h2-5,7,18H,6,8H2,1H3,(H,15,16,17). The van der Waals surface area contributed by atoms with Crippen molar-refractivity contribution in [2.45, 2.75) is 20.1 Å². The van der Waals surface area contributed by atoms with E-state index in [4.69, 9.17) is 16.7 Å². The van der Waals surface area contributed by atoms with Gasteiger partial charge in [0, 0.05) is 6.54 Å². The summed E-state index contributed by atoms with van der Waals surface area (Å²) in [7, 11) is 0. The maximum Gasteiger partial charge on any atom is 0.148 e. The van der Waals surface area contributed by atoms with E-state index < -0.39 is 0 Å². The largest absolute Gasteiger partial charge is 0.392 e. The fourth-order valence-electron chi connectivity index (χ4n) is 1.60. The first-order chi connectivity index (χ1) is 8.69. The molecule has 0 aliphatic heterocycles. The van der Waals surface area contributed by atoms with Gasteiger partial charge in [0.2, 0.25) is 0 Å². The number of hydrogen-bond donors (Lipinski definition) is 2. The molecule has 5 heteroatoms. The normalized spacial score (nSPS) is 10.4. The summed E-state index contributed by atoms with van der Waals surface area (Å²) in [5.41, 5.74) is 1.95. The van der Waals surface area contributed by atoms with Crippen LogP contribution in [0.25, 0.3) is 0 Å². The van der Waals surface area contributed by atoms with Gasteiger partial charge in [-0.2, -0.15) is 0 Å². The van der Waals surface area contributed by atoms with Crippen LogP contribution in [0.1, 0.15) is 17.0 Å². The second-order valence-electron chi connectivity index (χ2n) is 3.95. The summed E-state index contributed by atoms with van der Waals surface area (Å²) in [4.78, 5) is 8.23. The van der Waals surface area contributed by atoms with E-state index in [0.29, 0.717) is 23.2 Å². The van der Waals surface area contributed by atoms with Crippen molar-refractivity contribution < 1.29 is 5.11 Å². The van der Waals surface area contributed by atoms with Crippen LogP contribution in [0, 0.1) is 6.92 Å². The van der Waals surface area contributed by atoms with Crippen LogP contribution in [0.3, 0.4) is 0 Å². The zero-order chi connectivity index (χ0) is 13.0. The number of nitrogens with one attached hydrogen (secondary N) is 1. The number of aliphatic hydroxyl groups excluding tert-OH is 1. The quantitative estimate of drug-likeness (QED) is 0.890. The number of aliphatic hydroxyl groups is 1. The molecule has 2 N–H and O–H groups in total. The molecule has 4 nitrogen and oxygen atoms in total. The molecule has 1 heterocycles. The first kappa shape index (κ1) is 12.8. The molecule has 2 aromatic rings. The number of aryl methyl sites for hydroxylation is 1. The lowest BCUT2D eigenvalue weighted by Gasteiger charge is -2.08. The number of anilines is 1. The van der Waals surface area contributed by atoms with E-state index in [2.05, 4.69) is 15.3 Å². The van der Waals surface area contributed by atoms with Gasteiger partial charge < -0.3 is 10.4 Å². The van der Waals surface area contributed by atoms with Crippen LogP contribution in [0.5, 0.6) is 0 Å². The molecule has 0 atom stereocenters. The van der Waals surface area contributed by atoms with Crippen molar-refractivity contribution in [3.8, 4) is 0 Å². The van der Waals surface area contributed by atoms with Crippen LogP contribution in [-0.4, -0.2) is 15.1 Å². The van der Waals surface area contributed by atoms with Crippen LogP contribution in [-0.2, 0) is 13.2 Å². The predicted octanol–water partition coefficient (Wildman–Crippen LogP) is 2.54. The summed E-state index contributed by atoms with van der Waals surface area (Å²) in [5.74, 6) is 1.30. The van der Waals surface area contributed by atoms with Crippen molar-refractivity contribution in [1.29, 1.82) is 0 Å². The van der Waals surface area contributed by atoms with Gasteiger partial charge in [0.1, 0.15) is 16.7 Å². The Bertz CT molecular complexity index is 546. The average molecular weight is 264 g/mol. The zero-order valence-electron chi connectivity index (χ0n) is 10.0. The number of hydrogen-bond acceptors (Lipinski definition) is 4. The third-order valence-corrected chi connectivity index (χ3v) is 2.78. The molecule has 1 aromatic heterocycles. The lowest BCUT2D eigenvalue weighted by atomic mass is 10.1. The molecule has 0 radical (unpaired) electrons. The van der Waals surface area contributed by atoms with E-state index in [0.717, 1.165) is 11.1 Å². The minimum absolute atomic E-state index is 0.0429. The fraction of sp³-hybridized carbons (Fsp3) is 0.231. The van der Waals surface area contributed by atoms with Crippen molar-refractivity contribution in [1.82, 2.24) is 9.97 Å². The first-order valence-electron chi connectivity index (χ1n) is 5.60. The highest BCUT2D eigenvalue weighted by atomic mass is 35.5. The molecule has 0 saturated heterocycles. The Morgan fingerprint density at radius 3 is 2.89 bits per heavy atom. The molecule has 0 bridgehead atoms. The molecule has 0 amide bonds. The summed E-state index contributed by atoms with van der Waals surface area (Å²) < 4.78 is 0. The smallest absolute Gasteiger partial charge is 0.148 e. The zero-order valence-corrected chi connectivity index (χ0v) is 10.8. The molecule has 0 unspecified atom stereocenters. The van der Waals surface area contributed by atoms with Crippen molar-refractivity contribution in [2.75, 3.05) is 5.32 Å². The van der Waals surface area contributed by atoms with Crippen molar-refractivity contribution in [3.63, 3.8) is 0 Å². The average Bonchev–Trinajstić information content (AvgIpc) is 2.40. The highest BCUT2D eigenvalue weighted by Gasteiger charge is 2.03. The van der Waals surface area contributed by atoms with Gasteiger partial charge in [-0.3, -0.25) is 0 Å². The van der Waals surface area contributed by atoms with Crippen molar-refractivity contribution in [2.24, 2.45) is 0 Å². The van der Waals surface area contributed by atoms with Crippen LogP contribution < -0.4 is 5.32 Å². The highest BCUT2D eigenvalue weighted by molar-refractivity contribution is 6.32. The number of rotatable bonds is 4. The van der Waals surface area contributed by atoms with Crippen LogP contribution in [0.2, 0.25) is 5.02 Å². The molecule has 2 rings (SSSR count). The van der Waals surface area contributed by atoms with Crippen LogP contribution >= 0.6 is 11.6 Å². The van der Waals surface area contributed by atoms with E-state index in [9.17, 15) is 0 Å². The first-order valence-corrected chi connectivity index (χ1v) is 5.98. The third-order valence-electron chi connectivity index (χ3n) is 2.50. The van der Waals surface area contributed by atoms with Crippen LogP contribution in [0.4, 0.5) is 5.82 Å². The topological polar surface area (TPSA) is 58.0 Å². The Hall–Kier alpha value is -1.65. The molecule has 0 aliphatic rings. The minimum Gasteiger partial charge on any atom is -0.392 e. The maximum atomic E-state index is 9.07. The Kier molecular flexibility index (Phi) is 4.12. The Morgan fingerprint density at radius 1 is 1.33 bits per heavy atom. The summed E-state index contributed by atoms with van der Waals surface area (Å²) in [6.07, 6.45) is 1.58. The SMILES string of the molecule is Cc1ncc(Cl)c(NCc2cccc(CO)c2)n1. The van der Waals surface area contributed by atoms with Gasteiger partial charge in [0.15, 0.2) is 0 Å². The molecule has 0 fully saturated rings. The van der Waals surface area contributed by atoms with Gasteiger partial charge in [0.25, 0.3) is 0 Å². The van der Waals surface area contributed by atoms with Crippen molar-refractivity contribution >= 4 is 17.4 Å². The van der Waals surface area contributed by atoms with Gasteiger partial charge in [-0.25, -0.2) is 9.97 Å². The molecule has 94 valence electrons. The van der Waals surface area contributed by atoms with Gasteiger partial charge in [0.05, 0.1) is 12.8 Å². The number of benzene rings is 1. The van der Waals surface area contributed by atoms with E-state index in [1.807, 2.05) is 31.2 Å². The number of aromatic nitrogens is 2. The maximum absolute atomic E-state index is 9.07. The molecule has 0 spiro atoms. The van der Waals surface area contributed by atoms with E-state index in [1.165, 1.54) is 0 Å². The monoisotopic (exact) mass is 263 g/mol. The van der Waals surface area contributed by atoms with Crippen LogP contribution in [0.15, 0.2) is 30.5 Å². The Labute approximate surface area is 111 Å². The second-order valence-corrected chi connectivity index (χ2v) is 4.35. The summed E-state index contributed by atoms with van der Waals surface area (Å²) >= 11 is 5.99. The Balaban J connectivity index is 2.08. The van der Waals surface area contributed by atoms with Gasteiger partial charge in [-0.15, -0.1) is 0 Å².